The van der Waals surface area contributed by atoms with Crippen molar-refractivity contribution in [2.45, 2.75) is 13.1 Å². The molecular weight excluding hydrogens is 454 g/mol. The maximum absolute atomic E-state index is 13.4. The van der Waals surface area contributed by atoms with Gasteiger partial charge in [0.1, 0.15) is 0 Å². The lowest BCUT2D eigenvalue weighted by Gasteiger charge is -2.13. The number of allylic oxidation sites excluding steroid dienone is 2. The van der Waals surface area contributed by atoms with E-state index in [-0.39, 0.29) is 11.8 Å². The van der Waals surface area contributed by atoms with Crippen LogP contribution in [0.5, 0.6) is 0 Å². The topological polar surface area (TPSA) is 47.2 Å². The summed E-state index contributed by atoms with van der Waals surface area (Å²) in [7, 11) is 1.58. The van der Waals surface area contributed by atoms with Crippen LogP contribution < -0.4 is 0 Å². The minimum Gasteiger partial charge on any atom is -0.335 e. The van der Waals surface area contributed by atoms with Crippen molar-refractivity contribution in [3.05, 3.63) is 70.2 Å². The molecule has 2 aromatic heterocycles. The zero-order valence-electron chi connectivity index (χ0n) is 16.6. The number of halogens is 1. The highest BCUT2D eigenvalue weighted by atomic mass is 79.9. The van der Waals surface area contributed by atoms with Gasteiger partial charge in [-0.2, -0.15) is 0 Å². The fraction of sp³-hybridized carbons (Fsp3) is 0.120. The number of carbonyl (C=O) groups is 2. The number of imide groups is 1. The first-order valence-corrected chi connectivity index (χ1v) is 11.0. The van der Waals surface area contributed by atoms with E-state index in [9.17, 15) is 9.59 Å². The second-order valence-electron chi connectivity index (χ2n) is 8.24. The van der Waals surface area contributed by atoms with Crippen LogP contribution in [0.25, 0.3) is 43.6 Å². The van der Waals surface area contributed by atoms with Crippen LogP contribution >= 0.6 is 15.9 Å². The zero-order valence-corrected chi connectivity index (χ0v) is 18.2. The Kier molecular flexibility index (Phi) is 3.15. The molecule has 4 heterocycles. The van der Waals surface area contributed by atoms with Crippen LogP contribution in [-0.2, 0) is 13.1 Å². The Morgan fingerprint density at radius 1 is 0.774 bits per heavy atom. The molecule has 3 aromatic carbocycles. The summed E-state index contributed by atoms with van der Waals surface area (Å²) < 4.78 is 5.51. The van der Waals surface area contributed by atoms with Gasteiger partial charge in [-0.05, 0) is 24.3 Å². The molecule has 7 rings (SSSR count). The molecule has 0 saturated carbocycles. The van der Waals surface area contributed by atoms with Crippen molar-refractivity contribution in [2.75, 3.05) is 7.05 Å². The molecule has 2 amide bonds. The van der Waals surface area contributed by atoms with Crippen LogP contribution in [0, 0.1) is 0 Å². The molecule has 31 heavy (non-hydrogen) atoms. The number of carbonyl (C=O) groups excluding carboxylic acids is 2. The third-order valence-corrected chi connectivity index (χ3v) is 7.24. The van der Waals surface area contributed by atoms with Gasteiger partial charge in [0.2, 0.25) is 0 Å². The first kappa shape index (κ1) is 17.3. The number of aromatic nitrogens is 2. The number of nitrogens with zero attached hydrogens (tertiary/aromatic N) is 3. The number of para-hydroxylation sites is 1. The van der Waals surface area contributed by atoms with E-state index in [1.54, 1.807) is 7.05 Å². The Labute approximate surface area is 185 Å². The number of rotatable bonds is 0. The Bertz CT molecular complexity index is 1700. The van der Waals surface area contributed by atoms with Crippen molar-refractivity contribution < 1.29 is 9.59 Å². The van der Waals surface area contributed by atoms with Crippen LogP contribution in [0.4, 0.5) is 0 Å². The van der Waals surface area contributed by atoms with Crippen molar-refractivity contribution >= 4 is 71.4 Å². The van der Waals surface area contributed by atoms with Gasteiger partial charge in [0.05, 0.1) is 22.2 Å². The predicted octanol–water partition coefficient (Wildman–Crippen LogP) is 5.46. The van der Waals surface area contributed by atoms with Gasteiger partial charge >= 0.3 is 0 Å². The SMILES string of the molecule is CN1C(=O)c2c(c3c4cc(Br)ccc4n4c3c3c2c2ccccc2n3CC=CC4)C1=O. The average Bonchev–Trinajstić information content (AvgIpc) is 3.32. The Balaban J connectivity index is 1.92. The smallest absolute Gasteiger partial charge is 0.262 e. The lowest BCUT2D eigenvalue weighted by molar-refractivity contribution is 0.0694. The molecule has 2 aliphatic heterocycles. The summed E-state index contributed by atoms with van der Waals surface area (Å²) in [6.07, 6.45) is 4.36. The third kappa shape index (κ3) is 1.92. The van der Waals surface area contributed by atoms with Crippen LogP contribution in [0.1, 0.15) is 20.7 Å². The van der Waals surface area contributed by atoms with Crippen LogP contribution in [0.3, 0.4) is 0 Å². The number of benzene rings is 3. The summed E-state index contributed by atoms with van der Waals surface area (Å²) in [5, 5.41) is 3.77. The van der Waals surface area contributed by atoms with E-state index in [4.69, 9.17) is 0 Å². The maximum Gasteiger partial charge on any atom is 0.262 e. The molecule has 0 saturated heterocycles. The molecule has 0 bridgehead atoms. The molecule has 0 aliphatic carbocycles. The molecular formula is C25H16BrN3O2. The predicted molar refractivity (Wildman–Crippen MR) is 126 cm³/mol. The van der Waals surface area contributed by atoms with Gasteiger partial charge in [0, 0.05) is 57.2 Å². The molecule has 2 aliphatic rings. The van der Waals surface area contributed by atoms with E-state index in [0.29, 0.717) is 11.1 Å². The minimum atomic E-state index is -0.227. The number of hydrogen-bond acceptors (Lipinski definition) is 2. The molecule has 150 valence electrons. The molecule has 0 fully saturated rings. The first-order valence-electron chi connectivity index (χ1n) is 10.2. The molecule has 0 unspecified atom stereocenters. The molecule has 6 heteroatoms. The quantitative estimate of drug-likeness (QED) is 0.223. The third-order valence-electron chi connectivity index (χ3n) is 6.75. The van der Waals surface area contributed by atoms with Crippen LogP contribution in [0.15, 0.2) is 59.1 Å². The number of amides is 2. The van der Waals surface area contributed by atoms with Gasteiger partial charge in [-0.1, -0.05) is 46.3 Å². The fourth-order valence-corrected chi connectivity index (χ4v) is 5.83. The van der Waals surface area contributed by atoms with E-state index in [0.717, 1.165) is 61.2 Å². The molecule has 5 nitrogen and oxygen atoms in total. The van der Waals surface area contributed by atoms with E-state index in [1.807, 2.05) is 18.2 Å². The Morgan fingerprint density at radius 2 is 1.35 bits per heavy atom. The van der Waals surface area contributed by atoms with Gasteiger partial charge in [0.15, 0.2) is 0 Å². The van der Waals surface area contributed by atoms with Gasteiger partial charge in [0.25, 0.3) is 11.8 Å². The first-order chi connectivity index (χ1) is 15.1. The molecule has 0 atom stereocenters. The molecule has 0 spiro atoms. The highest BCUT2D eigenvalue weighted by molar-refractivity contribution is 9.10. The van der Waals surface area contributed by atoms with Crippen molar-refractivity contribution in [3.63, 3.8) is 0 Å². The van der Waals surface area contributed by atoms with Gasteiger partial charge in [-0.3, -0.25) is 14.5 Å². The van der Waals surface area contributed by atoms with Crippen LogP contribution in [0.2, 0.25) is 0 Å². The summed E-state index contributed by atoms with van der Waals surface area (Å²) >= 11 is 3.60. The largest absolute Gasteiger partial charge is 0.335 e. The summed E-state index contributed by atoms with van der Waals surface area (Å²) in [5.41, 5.74) is 5.26. The molecule has 0 radical (unpaired) electrons. The molecule has 0 N–H and O–H groups in total. The van der Waals surface area contributed by atoms with E-state index in [2.05, 4.69) is 61.5 Å². The second kappa shape index (κ2) is 5.65. The average molecular weight is 470 g/mol. The minimum absolute atomic E-state index is 0.224. The summed E-state index contributed by atoms with van der Waals surface area (Å²) in [5.74, 6) is -0.450. The highest BCUT2D eigenvalue weighted by Crippen LogP contribution is 2.46. The number of hydrogen-bond donors (Lipinski definition) is 0. The van der Waals surface area contributed by atoms with E-state index >= 15 is 0 Å². The van der Waals surface area contributed by atoms with Crippen molar-refractivity contribution in [2.24, 2.45) is 0 Å². The van der Waals surface area contributed by atoms with Gasteiger partial charge in [-0.25, -0.2) is 0 Å². The number of fused-ring (bicyclic) bond motifs is 9. The van der Waals surface area contributed by atoms with Crippen LogP contribution in [-0.4, -0.2) is 32.9 Å². The molecule has 5 aromatic rings. The van der Waals surface area contributed by atoms with Gasteiger partial charge in [-0.15, -0.1) is 0 Å². The van der Waals surface area contributed by atoms with Crippen molar-refractivity contribution in [1.29, 1.82) is 0 Å². The standard InChI is InChI=1S/C25H16BrN3O2/c1-27-24(30)20-18-14-6-2-3-7-16(14)28-10-4-5-11-29-17-9-8-13(26)12-15(17)19(21(20)25(27)31)23(29)22(18)28/h2-9,12H,10-11H2,1H3. The second-order valence-corrected chi connectivity index (χ2v) is 9.15. The van der Waals surface area contributed by atoms with E-state index in [1.165, 1.54) is 4.90 Å². The van der Waals surface area contributed by atoms with Gasteiger partial charge < -0.3 is 9.13 Å². The maximum atomic E-state index is 13.4. The zero-order chi connectivity index (χ0) is 21.0. The fourth-order valence-electron chi connectivity index (χ4n) is 5.47. The van der Waals surface area contributed by atoms with Crippen molar-refractivity contribution in [3.8, 4) is 0 Å². The monoisotopic (exact) mass is 469 g/mol. The van der Waals surface area contributed by atoms with Crippen molar-refractivity contribution in [1.82, 2.24) is 14.0 Å². The highest BCUT2D eigenvalue weighted by Gasteiger charge is 2.40. The Morgan fingerprint density at radius 3 is 2.03 bits per heavy atom. The lowest BCUT2D eigenvalue weighted by atomic mass is 9.96. The summed E-state index contributed by atoms with van der Waals surface area (Å²) in [6, 6.07) is 14.3. The Hall–Kier alpha value is -3.38. The van der Waals surface area contributed by atoms with E-state index < -0.39 is 0 Å². The normalized spacial score (nSPS) is 15.7. The summed E-state index contributed by atoms with van der Waals surface area (Å²) in [6.45, 7) is 1.44. The lowest BCUT2D eigenvalue weighted by Crippen LogP contribution is -2.24. The summed E-state index contributed by atoms with van der Waals surface area (Å²) in [4.78, 5) is 28.0.